The second-order valence-electron chi connectivity index (χ2n) is 5.32. The van der Waals surface area contributed by atoms with E-state index >= 15 is 0 Å². The Morgan fingerprint density at radius 1 is 1.09 bits per heavy atom. The lowest BCUT2D eigenvalue weighted by Crippen LogP contribution is -2.13. The van der Waals surface area contributed by atoms with Crippen molar-refractivity contribution in [2.75, 3.05) is 0 Å². The van der Waals surface area contributed by atoms with Crippen LogP contribution in [-0.2, 0) is 16.4 Å². The molecule has 4 nitrogen and oxygen atoms in total. The number of primary sulfonamides is 1. The standard InChI is InChI=1S/C17H15FN2O2S/c18-15-7-4-12(5-8-15)10-13-2-1-3-16(13)14-6-9-17(20-11-14)23(19,21)22/h2-9,11H,1,10H2,(H2,19,21,22). The number of aromatic nitrogens is 1. The molecule has 1 aromatic heterocycles. The predicted molar refractivity (Wildman–Crippen MR) is 86.4 cm³/mol. The minimum Gasteiger partial charge on any atom is -0.243 e. The number of rotatable bonds is 4. The lowest BCUT2D eigenvalue weighted by Gasteiger charge is -2.10. The molecule has 118 valence electrons. The Labute approximate surface area is 134 Å². The van der Waals surface area contributed by atoms with Crippen LogP contribution >= 0.6 is 0 Å². The number of pyridine rings is 1. The third-order valence-corrected chi connectivity index (χ3v) is 4.50. The molecule has 0 atom stereocenters. The van der Waals surface area contributed by atoms with Crippen LogP contribution in [0.5, 0.6) is 0 Å². The molecule has 0 bridgehead atoms. The first-order valence-electron chi connectivity index (χ1n) is 7.07. The summed E-state index contributed by atoms with van der Waals surface area (Å²) >= 11 is 0. The fourth-order valence-corrected chi connectivity index (χ4v) is 3.02. The van der Waals surface area contributed by atoms with E-state index in [1.807, 2.05) is 0 Å². The fraction of sp³-hybridized carbons (Fsp3) is 0.118. The third kappa shape index (κ3) is 3.55. The van der Waals surface area contributed by atoms with Gasteiger partial charge < -0.3 is 0 Å². The van der Waals surface area contributed by atoms with E-state index in [0.29, 0.717) is 6.42 Å². The Balaban J connectivity index is 1.82. The average molecular weight is 330 g/mol. The summed E-state index contributed by atoms with van der Waals surface area (Å²) in [4.78, 5) is 3.92. The molecular formula is C17H15FN2O2S. The molecule has 1 heterocycles. The molecule has 6 heteroatoms. The summed E-state index contributed by atoms with van der Waals surface area (Å²) in [5, 5.41) is 4.91. The molecule has 23 heavy (non-hydrogen) atoms. The van der Waals surface area contributed by atoms with Crippen LogP contribution in [0.2, 0.25) is 0 Å². The van der Waals surface area contributed by atoms with E-state index in [0.717, 1.165) is 28.7 Å². The number of hydrogen-bond acceptors (Lipinski definition) is 3. The van der Waals surface area contributed by atoms with Crippen LogP contribution in [0.1, 0.15) is 17.5 Å². The van der Waals surface area contributed by atoms with Crippen molar-refractivity contribution < 1.29 is 12.8 Å². The van der Waals surface area contributed by atoms with Crippen molar-refractivity contribution in [3.8, 4) is 0 Å². The minimum absolute atomic E-state index is 0.149. The SMILES string of the molecule is NS(=O)(=O)c1ccc(C2=CCC=C2Cc2ccc(F)cc2)cn1. The first-order valence-corrected chi connectivity index (χ1v) is 8.61. The Morgan fingerprint density at radius 2 is 1.83 bits per heavy atom. The Bertz CT molecular complexity index is 883. The van der Waals surface area contributed by atoms with E-state index < -0.39 is 10.0 Å². The molecule has 2 N–H and O–H groups in total. The molecule has 1 aliphatic rings. The highest BCUT2D eigenvalue weighted by Crippen LogP contribution is 2.31. The van der Waals surface area contributed by atoms with E-state index in [1.54, 1.807) is 18.2 Å². The summed E-state index contributed by atoms with van der Waals surface area (Å²) in [5.41, 5.74) is 3.98. The van der Waals surface area contributed by atoms with Crippen LogP contribution in [0.3, 0.4) is 0 Å². The zero-order chi connectivity index (χ0) is 16.4. The van der Waals surface area contributed by atoms with Crippen molar-refractivity contribution in [2.45, 2.75) is 17.9 Å². The van der Waals surface area contributed by atoms with Gasteiger partial charge in [-0.25, -0.2) is 22.9 Å². The van der Waals surface area contributed by atoms with Crippen LogP contribution in [0.25, 0.3) is 5.57 Å². The molecule has 0 aliphatic heterocycles. The fourth-order valence-electron chi connectivity index (χ4n) is 2.56. The van der Waals surface area contributed by atoms with Crippen molar-refractivity contribution in [3.05, 3.63) is 77.3 Å². The number of halogens is 1. The van der Waals surface area contributed by atoms with E-state index in [-0.39, 0.29) is 10.8 Å². The predicted octanol–water partition coefficient (Wildman–Crippen LogP) is 2.82. The normalized spacial score (nSPS) is 14.5. The first kappa shape index (κ1) is 15.6. The van der Waals surface area contributed by atoms with E-state index in [2.05, 4.69) is 17.1 Å². The smallest absolute Gasteiger partial charge is 0.243 e. The zero-order valence-electron chi connectivity index (χ0n) is 12.2. The maximum Gasteiger partial charge on any atom is 0.255 e. The first-order chi connectivity index (χ1) is 10.9. The van der Waals surface area contributed by atoms with Crippen LogP contribution < -0.4 is 5.14 Å². The largest absolute Gasteiger partial charge is 0.255 e. The van der Waals surface area contributed by atoms with Gasteiger partial charge in [-0.05, 0) is 53.8 Å². The van der Waals surface area contributed by atoms with Crippen LogP contribution in [0.4, 0.5) is 4.39 Å². The monoisotopic (exact) mass is 330 g/mol. The maximum absolute atomic E-state index is 13.0. The lowest BCUT2D eigenvalue weighted by molar-refractivity contribution is 0.594. The highest BCUT2D eigenvalue weighted by atomic mass is 32.2. The van der Waals surface area contributed by atoms with Crippen molar-refractivity contribution in [1.29, 1.82) is 0 Å². The van der Waals surface area contributed by atoms with E-state index in [4.69, 9.17) is 5.14 Å². The summed E-state index contributed by atoms with van der Waals surface area (Å²) < 4.78 is 35.5. The summed E-state index contributed by atoms with van der Waals surface area (Å²) in [6, 6.07) is 9.50. The molecule has 0 radical (unpaired) electrons. The van der Waals surface area contributed by atoms with Crippen LogP contribution in [-0.4, -0.2) is 13.4 Å². The van der Waals surface area contributed by atoms with Gasteiger partial charge in [0.1, 0.15) is 5.82 Å². The molecule has 0 amide bonds. The van der Waals surface area contributed by atoms with Gasteiger partial charge in [0.2, 0.25) is 0 Å². The maximum atomic E-state index is 13.0. The molecule has 0 saturated carbocycles. The zero-order valence-corrected chi connectivity index (χ0v) is 13.1. The van der Waals surface area contributed by atoms with Gasteiger partial charge in [0.25, 0.3) is 10.0 Å². The molecule has 1 aliphatic carbocycles. The highest BCUT2D eigenvalue weighted by molar-refractivity contribution is 7.89. The number of nitrogens with zero attached hydrogens (tertiary/aromatic N) is 1. The molecule has 0 spiro atoms. The van der Waals surface area contributed by atoms with Crippen LogP contribution in [0.15, 0.2) is 65.3 Å². The average Bonchev–Trinajstić information content (AvgIpc) is 2.97. The molecular weight excluding hydrogens is 315 g/mol. The van der Waals surface area contributed by atoms with E-state index in [1.165, 1.54) is 24.4 Å². The molecule has 2 aromatic rings. The topological polar surface area (TPSA) is 73.1 Å². The Morgan fingerprint density at radius 3 is 2.43 bits per heavy atom. The molecule has 0 fully saturated rings. The van der Waals surface area contributed by atoms with Gasteiger partial charge in [0.05, 0.1) is 0 Å². The third-order valence-electron chi connectivity index (χ3n) is 3.68. The minimum atomic E-state index is -3.79. The van der Waals surface area contributed by atoms with Crippen molar-refractivity contribution in [3.63, 3.8) is 0 Å². The number of allylic oxidation sites excluding steroid dienone is 4. The lowest BCUT2D eigenvalue weighted by atomic mass is 9.96. The number of hydrogen-bond donors (Lipinski definition) is 1. The quantitative estimate of drug-likeness (QED) is 0.937. The summed E-state index contributed by atoms with van der Waals surface area (Å²) in [6.45, 7) is 0. The van der Waals surface area contributed by atoms with Gasteiger partial charge in [-0.2, -0.15) is 0 Å². The van der Waals surface area contributed by atoms with Crippen molar-refractivity contribution >= 4 is 15.6 Å². The summed E-state index contributed by atoms with van der Waals surface area (Å²) in [7, 11) is -3.79. The van der Waals surface area contributed by atoms with Gasteiger partial charge in [-0.3, -0.25) is 0 Å². The molecule has 1 aromatic carbocycles. The molecule has 0 saturated heterocycles. The molecule has 0 unspecified atom stereocenters. The summed E-state index contributed by atoms with van der Waals surface area (Å²) in [6.07, 6.45) is 7.17. The highest BCUT2D eigenvalue weighted by Gasteiger charge is 2.15. The number of nitrogens with two attached hydrogens (primary N) is 1. The molecule has 3 rings (SSSR count). The Kier molecular flexibility index (Phi) is 4.11. The van der Waals surface area contributed by atoms with Gasteiger partial charge in [-0.1, -0.05) is 24.3 Å². The van der Waals surface area contributed by atoms with Gasteiger partial charge in [0.15, 0.2) is 5.03 Å². The second-order valence-corrected chi connectivity index (χ2v) is 6.82. The van der Waals surface area contributed by atoms with E-state index in [9.17, 15) is 12.8 Å². The van der Waals surface area contributed by atoms with Crippen molar-refractivity contribution in [2.24, 2.45) is 5.14 Å². The van der Waals surface area contributed by atoms with Gasteiger partial charge >= 0.3 is 0 Å². The second kappa shape index (κ2) is 6.06. The summed E-state index contributed by atoms with van der Waals surface area (Å²) in [5.74, 6) is -0.257. The number of sulfonamides is 1. The Hall–Kier alpha value is -2.31. The number of benzene rings is 1. The van der Waals surface area contributed by atoms with Crippen LogP contribution in [0, 0.1) is 5.82 Å². The van der Waals surface area contributed by atoms with Gasteiger partial charge in [0, 0.05) is 11.8 Å². The van der Waals surface area contributed by atoms with Crippen molar-refractivity contribution in [1.82, 2.24) is 4.98 Å². The van der Waals surface area contributed by atoms with Gasteiger partial charge in [-0.15, -0.1) is 0 Å².